The molecule has 22 heavy (non-hydrogen) atoms. The number of hydrogen-bond acceptors (Lipinski definition) is 3. The van der Waals surface area contributed by atoms with Gasteiger partial charge in [-0.1, -0.05) is 12.1 Å². The number of hydrogen-bond donors (Lipinski definition) is 2. The van der Waals surface area contributed by atoms with Crippen LogP contribution in [-0.4, -0.2) is 42.6 Å². The summed E-state index contributed by atoms with van der Waals surface area (Å²) in [7, 11) is 0. The largest absolute Gasteiger partial charge is 0.367 e. The van der Waals surface area contributed by atoms with E-state index in [1.54, 1.807) is 6.07 Å². The summed E-state index contributed by atoms with van der Waals surface area (Å²) in [4.78, 5) is 25.0. The van der Waals surface area contributed by atoms with Gasteiger partial charge in [0.15, 0.2) is 6.10 Å². The van der Waals surface area contributed by atoms with Crippen molar-refractivity contribution < 1.29 is 18.7 Å². The zero-order valence-corrected chi connectivity index (χ0v) is 12.0. The van der Waals surface area contributed by atoms with Crippen molar-refractivity contribution in [3.8, 4) is 0 Å². The molecule has 0 aromatic heterocycles. The third-order valence-electron chi connectivity index (χ3n) is 4.18. The Hall–Kier alpha value is -2.15. The monoisotopic (exact) mass is 307 g/mol. The molecular formula is C15H18FN3O3. The molecule has 1 saturated heterocycles. The van der Waals surface area contributed by atoms with Gasteiger partial charge < -0.3 is 20.7 Å². The molecule has 6 nitrogen and oxygen atoms in total. The lowest BCUT2D eigenvalue weighted by Crippen LogP contribution is -2.53. The summed E-state index contributed by atoms with van der Waals surface area (Å²) >= 11 is 0. The lowest BCUT2D eigenvalue weighted by atomic mass is 10.1. The number of rotatable bonds is 2. The first-order valence-corrected chi connectivity index (χ1v) is 7.30. The number of carbonyl (C=O) groups excluding carboxylic acids is 2. The molecule has 3 amide bonds. The predicted octanol–water partition coefficient (Wildman–Crippen LogP) is 0.709. The normalized spacial score (nSPS) is 24.0. The summed E-state index contributed by atoms with van der Waals surface area (Å²) in [5.74, 6) is -0.805. The highest BCUT2D eigenvalue weighted by atomic mass is 19.1. The Kier molecular flexibility index (Phi) is 3.98. The zero-order valence-electron chi connectivity index (χ0n) is 12.0. The van der Waals surface area contributed by atoms with E-state index in [9.17, 15) is 14.0 Å². The van der Waals surface area contributed by atoms with Crippen molar-refractivity contribution in [2.24, 2.45) is 5.73 Å². The van der Waals surface area contributed by atoms with E-state index >= 15 is 0 Å². The first-order chi connectivity index (χ1) is 10.6. The topological polar surface area (TPSA) is 84.7 Å². The maximum absolute atomic E-state index is 13.7. The fourth-order valence-electron chi connectivity index (χ4n) is 3.01. The average Bonchev–Trinajstić information content (AvgIpc) is 2.92. The van der Waals surface area contributed by atoms with Crippen molar-refractivity contribution in [1.82, 2.24) is 10.2 Å². The Balaban J connectivity index is 1.66. The van der Waals surface area contributed by atoms with Gasteiger partial charge in [0.1, 0.15) is 5.82 Å². The second-order valence-corrected chi connectivity index (χ2v) is 5.56. The maximum atomic E-state index is 13.7. The van der Waals surface area contributed by atoms with Crippen LogP contribution < -0.4 is 11.1 Å². The molecule has 1 aromatic rings. The molecule has 3 rings (SSSR count). The van der Waals surface area contributed by atoms with E-state index in [1.807, 2.05) is 6.07 Å². The molecule has 1 aliphatic heterocycles. The third-order valence-corrected chi connectivity index (χ3v) is 4.18. The predicted molar refractivity (Wildman–Crippen MR) is 76.5 cm³/mol. The Morgan fingerprint density at radius 1 is 1.41 bits per heavy atom. The molecule has 7 heteroatoms. The minimum Gasteiger partial charge on any atom is -0.367 e. The molecule has 1 fully saturated rings. The molecule has 2 atom stereocenters. The van der Waals surface area contributed by atoms with Gasteiger partial charge in [-0.15, -0.1) is 0 Å². The summed E-state index contributed by atoms with van der Waals surface area (Å²) in [6.45, 7) is 0.819. The summed E-state index contributed by atoms with van der Waals surface area (Å²) < 4.78 is 18.9. The van der Waals surface area contributed by atoms with Crippen LogP contribution in [0.15, 0.2) is 18.2 Å². The van der Waals surface area contributed by atoms with Gasteiger partial charge in [-0.25, -0.2) is 9.18 Å². The molecule has 1 aromatic carbocycles. The Morgan fingerprint density at radius 2 is 2.23 bits per heavy atom. The van der Waals surface area contributed by atoms with Crippen LogP contribution in [0.4, 0.5) is 9.18 Å². The van der Waals surface area contributed by atoms with Crippen LogP contribution in [0, 0.1) is 5.82 Å². The third kappa shape index (κ3) is 2.76. The number of halogens is 1. The zero-order chi connectivity index (χ0) is 15.7. The second kappa shape index (κ2) is 5.92. The van der Waals surface area contributed by atoms with E-state index in [0.717, 1.165) is 5.56 Å². The van der Waals surface area contributed by atoms with Crippen LogP contribution in [-0.2, 0) is 16.0 Å². The number of carbonyl (C=O) groups is 2. The molecule has 1 aliphatic carbocycles. The fourth-order valence-corrected chi connectivity index (χ4v) is 3.01. The average molecular weight is 307 g/mol. The van der Waals surface area contributed by atoms with Gasteiger partial charge in [0, 0.05) is 6.54 Å². The SMILES string of the molecule is NC(=O)C1CN(C(=O)NC2CCc3c(F)cccc32)CCO1. The van der Waals surface area contributed by atoms with Gasteiger partial charge in [0.25, 0.3) is 0 Å². The quantitative estimate of drug-likeness (QED) is 0.844. The van der Waals surface area contributed by atoms with Crippen LogP contribution >= 0.6 is 0 Å². The fraction of sp³-hybridized carbons (Fsp3) is 0.467. The molecular weight excluding hydrogens is 289 g/mol. The van der Waals surface area contributed by atoms with Gasteiger partial charge in [0.05, 0.1) is 19.2 Å². The Bertz CT molecular complexity index is 608. The first kappa shape index (κ1) is 14.8. The van der Waals surface area contributed by atoms with Gasteiger partial charge in [0.2, 0.25) is 5.91 Å². The highest BCUT2D eigenvalue weighted by Gasteiger charge is 2.31. The molecule has 0 saturated carbocycles. The number of amides is 3. The molecule has 2 aliphatic rings. The number of urea groups is 1. The van der Waals surface area contributed by atoms with Crippen molar-refractivity contribution in [2.45, 2.75) is 25.0 Å². The van der Waals surface area contributed by atoms with Crippen LogP contribution in [0.1, 0.15) is 23.6 Å². The Morgan fingerprint density at radius 3 is 3.00 bits per heavy atom. The number of nitrogens with zero attached hydrogens (tertiary/aromatic N) is 1. The Labute approximate surface area is 127 Å². The van der Waals surface area contributed by atoms with Gasteiger partial charge >= 0.3 is 6.03 Å². The molecule has 3 N–H and O–H groups in total. The van der Waals surface area contributed by atoms with E-state index in [4.69, 9.17) is 10.5 Å². The molecule has 2 unspecified atom stereocenters. The standard InChI is InChI=1S/C15H18FN3O3/c16-11-3-1-2-10-9(11)4-5-12(10)18-15(21)19-6-7-22-13(8-19)14(17)20/h1-3,12-13H,4-8H2,(H2,17,20)(H,18,21). The number of primary amides is 1. The summed E-state index contributed by atoms with van der Waals surface area (Å²) in [6, 6.07) is 4.44. The van der Waals surface area contributed by atoms with Gasteiger partial charge in [-0.3, -0.25) is 4.79 Å². The maximum Gasteiger partial charge on any atom is 0.318 e. The number of morpholine rings is 1. The number of nitrogens with two attached hydrogens (primary N) is 1. The van der Waals surface area contributed by atoms with Crippen LogP contribution in [0.3, 0.4) is 0 Å². The number of fused-ring (bicyclic) bond motifs is 1. The van der Waals surface area contributed by atoms with E-state index < -0.39 is 12.0 Å². The van der Waals surface area contributed by atoms with Crippen molar-refractivity contribution in [1.29, 1.82) is 0 Å². The van der Waals surface area contributed by atoms with Crippen molar-refractivity contribution >= 4 is 11.9 Å². The number of nitrogens with one attached hydrogen (secondary N) is 1. The summed E-state index contributed by atoms with van der Waals surface area (Å²) in [6.07, 6.45) is 0.513. The van der Waals surface area contributed by atoms with Gasteiger partial charge in [-0.2, -0.15) is 0 Å². The van der Waals surface area contributed by atoms with Crippen molar-refractivity contribution in [3.63, 3.8) is 0 Å². The highest BCUT2D eigenvalue weighted by molar-refractivity contribution is 5.81. The minimum absolute atomic E-state index is 0.143. The first-order valence-electron chi connectivity index (χ1n) is 7.30. The van der Waals surface area contributed by atoms with E-state index in [-0.39, 0.29) is 31.0 Å². The van der Waals surface area contributed by atoms with Gasteiger partial charge in [-0.05, 0) is 30.0 Å². The molecule has 1 heterocycles. The molecule has 0 radical (unpaired) electrons. The summed E-state index contributed by atoms with van der Waals surface area (Å²) in [5.41, 5.74) is 6.71. The van der Waals surface area contributed by atoms with Crippen LogP contribution in [0.2, 0.25) is 0 Å². The lowest BCUT2D eigenvalue weighted by molar-refractivity contribution is -0.133. The van der Waals surface area contributed by atoms with Crippen LogP contribution in [0.25, 0.3) is 0 Å². The molecule has 0 bridgehead atoms. The second-order valence-electron chi connectivity index (χ2n) is 5.56. The molecule has 0 spiro atoms. The van der Waals surface area contributed by atoms with E-state index in [0.29, 0.717) is 24.9 Å². The number of benzene rings is 1. The smallest absolute Gasteiger partial charge is 0.318 e. The summed E-state index contributed by atoms with van der Waals surface area (Å²) in [5, 5.41) is 2.90. The van der Waals surface area contributed by atoms with Crippen LogP contribution in [0.5, 0.6) is 0 Å². The van der Waals surface area contributed by atoms with Crippen molar-refractivity contribution in [3.05, 3.63) is 35.1 Å². The number of ether oxygens (including phenoxy) is 1. The molecule has 118 valence electrons. The highest BCUT2D eigenvalue weighted by Crippen LogP contribution is 2.32. The minimum atomic E-state index is -0.771. The van der Waals surface area contributed by atoms with Crippen molar-refractivity contribution in [2.75, 3.05) is 19.7 Å². The van der Waals surface area contributed by atoms with E-state index in [2.05, 4.69) is 5.32 Å². The lowest BCUT2D eigenvalue weighted by Gasteiger charge is -2.32. The van der Waals surface area contributed by atoms with E-state index in [1.165, 1.54) is 11.0 Å².